The van der Waals surface area contributed by atoms with Crippen molar-refractivity contribution >= 4 is 11.6 Å². The molecule has 0 amide bonds. The van der Waals surface area contributed by atoms with Gasteiger partial charge in [-0.05, 0) is 26.7 Å². The Morgan fingerprint density at radius 2 is 2.22 bits per heavy atom. The highest BCUT2D eigenvalue weighted by atomic mass is 35.5. The number of ether oxygens (including phenoxy) is 1. The smallest absolute Gasteiger partial charge is 0.0740 e. The SMILES string of the molecule is CC(Cl)[C@H]1CC[C@H](C)O1. The Labute approximate surface area is 61.3 Å². The van der Waals surface area contributed by atoms with Gasteiger partial charge in [-0.3, -0.25) is 0 Å². The van der Waals surface area contributed by atoms with Crippen LogP contribution in [0.2, 0.25) is 0 Å². The third kappa shape index (κ3) is 1.84. The summed E-state index contributed by atoms with van der Waals surface area (Å²) in [5.41, 5.74) is 0. The number of halogens is 1. The highest BCUT2D eigenvalue weighted by Crippen LogP contribution is 2.23. The zero-order valence-electron chi connectivity index (χ0n) is 5.93. The molecular formula is C7H13ClO. The maximum Gasteiger partial charge on any atom is 0.0740 e. The molecule has 0 aromatic rings. The molecule has 1 nitrogen and oxygen atoms in total. The van der Waals surface area contributed by atoms with E-state index >= 15 is 0 Å². The second kappa shape index (κ2) is 2.89. The minimum atomic E-state index is 0.176. The molecule has 1 heterocycles. The van der Waals surface area contributed by atoms with Crippen molar-refractivity contribution in [2.24, 2.45) is 0 Å². The van der Waals surface area contributed by atoms with Crippen molar-refractivity contribution < 1.29 is 4.74 Å². The minimum absolute atomic E-state index is 0.176. The van der Waals surface area contributed by atoms with E-state index in [1.807, 2.05) is 6.92 Å². The highest BCUT2D eigenvalue weighted by molar-refractivity contribution is 6.20. The quantitative estimate of drug-likeness (QED) is 0.518. The Morgan fingerprint density at radius 3 is 2.44 bits per heavy atom. The van der Waals surface area contributed by atoms with E-state index in [0.717, 1.165) is 6.42 Å². The van der Waals surface area contributed by atoms with Gasteiger partial charge >= 0.3 is 0 Å². The molecule has 9 heavy (non-hydrogen) atoms. The fourth-order valence-electron chi connectivity index (χ4n) is 1.17. The molecule has 2 heteroatoms. The summed E-state index contributed by atoms with van der Waals surface area (Å²) in [7, 11) is 0. The summed E-state index contributed by atoms with van der Waals surface area (Å²) in [4.78, 5) is 0. The molecule has 0 bridgehead atoms. The number of hydrogen-bond acceptors (Lipinski definition) is 1. The molecule has 1 fully saturated rings. The molecule has 1 aliphatic heterocycles. The zero-order chi connectivity index (χ0) is 6.85. The van der Waals surface area contributed by atoms with Crippen LogP contribution in [0.5, 0.6) is 0 Å². The lowest BCUT2D eigenvalue weighted by Crippen LogP contribution is -2.17. The van der Waals surface area contributed by atoms with E-state index in [0.29, 0.717) is 12.2 Å². The first kappa shape index (κ1) is 7.36. The first-order valence-corrected chi connectivity index (χ1v) is 3.93. The van der Waals surface area contributed by atoms with E-state index in [1.165, 1.54) is 6.42 Å². The lowest BCUT2D eigenvalue weighted by atomic mass is 10.2. The first-order chi connectivity index (χ1) is 4.20. The predicted molar refractivity (Wildman–Crippen MR) is 38.9 cm³/mol. The van der Waals surface area contributed by atoms with Gasteiger partial charge in [-0.2, -0.15) is 0 Å². The van der Waals surface area contributed by atoms with Crippen LogP contribution in [0.3, 0.4) is 0 Å². The Hall–Kier alpha value is 0.250. The highest BCUT2D eigenvalue weighted by Gasteiger charge is 2.25. The summed E-state index contributed by atoms with van der Waals surface area (Å²) in [5, 5.41) is 0.176. The molecular weight excluding hydrogens is 136 g/mol. The molecule has 3 atom stereocenters. The molecule has 54 valence electrons. The van der Waals surface area contributed by atoms with Gasteiger partial charge in [0.2, 0.25) is 0 Å². The summed E-state index contributed by atoms with van der Waals surface area (Å²) >= 11 is 5.82. The van der Waals surface area contributed by atoms with Crippen LogP contribution in [0.15, 0.2) is 0 Å². The summed E-state index contributed by atoms with van der Waals surface area (Å²) in [6.45, 7) is 4.09. The van der Waals surface area contributed by atoms with E-state index < -0.39 is 0 Å². The van der Waals surface area contributed by atoms with Crippen LogP contribution in [0, 0.1) is 0 Å². The van der Waals surface area contributed by atoms with Crippen LogP contribution in [0.25, 0.3) is 0 Å². The maximum atomic E-state index is 5.82. The molecule has 1 rings (SSSR count). The van der Waals surface area contributed by atoms with Gasteiger partial charge in [0.25, 0.3) is 0 Å². The van der Waals surface area contributed by atoms with Gasteiger partial charge < -0.3 is 4.74 Å². The molecule has 0 aliphatic carbocycles. The van der Waals surface area contributed by atoms with Crippen molar-refractivity contribution in [3.63, 3.8) is 0 Å². The maximum absolute atomic E-state index is 5.82. The van der Waals surface area contributed by atoms with Gasteiger partial charge in [0, 0.05) is 0 Å². The lowest BCUT2D eigenvalue weighted by Gasteiger charge is -2.11. The summed E-state index contributed by atoms with van der Waals surface area (Å²) < 4.78 is 5.49. The van der Waals surface area contributed by atoms with Gasteiger partial charge in [-0.1, -0.05) is 0 Å². The largest absolute Gasteiger partial charge is 0.374 e. The van der Waals surface area contributed by atoms with Crippen molar-refractivity contribution in [1.82, 2.24) is 0 Å². The van der Waals surface area contributed by atoms with Gasteiger partial charge in [0.1, 0.15) is 0 Å². The second-order valence-corrected chi connectivity index (χ2v) is 3.43. The molecule has 1 unspecified atom stereocenters. The minimum Gasteiger partial charge on any atom is -0.374 e. The predicted octanol–water partition coefficient (Wildman–Crippen LogP) is 2.18. The fraction of sp³-hybridized carbons (Fsp3) is 1.00. The third-order valence-electron chi connectivity index (χ3n) is 1.78. The lowest BCUT2D eigenvalue weighted by molar-refractivity contribution is 0.0561. The Bertz CT molecular complexity index is 92.9. The summed E-state index contributed by atoms with van der Waals surface area (Å²) in [6, 6.07) is 0. The fourth-order valence-corrected chi connectivity index (χ4v) is 1.36. The zero-order valence-corrected chi connectivity index (χ0v) is 6.69. The Morgan fingerprint density at radius 1 is 1.56 bits per heavy atom. The standard InChI is InChI=1S/C7H13ClO/c1-5-3-4-7(9-5)6(2)8/h5-7H,3-4H2,1-2H3/t5-,6?,7+/m0/s1. The van der Waals surface area contributed by atoms with Crippen LogP contribution in [0.4, 0.5) is 0 Å². The first-order valence-electron chi connectivity index (χ1n) is 3.49. The van der Waals surface area contributed by atoms with Crippen LogP contribution in [-0.2, 0) is 4.74 Å². The Balaban J connectivity index is 2.30. The topological polar surface area (TPSA) is 9.23 Å². The molecule has 0 N–H and O–H groups in total. The molecule has 0 aromatic heterocycles. The molecule has 0 spiro atoms. The van der Waals surface area contributed by atoms with Crippen molar-refractivity contribution in [2.75, 3.05) is 0 Å². The van der Waals surface area contributed by atoms with E-state index in [4.69, 9.17) is 16.3 Å². The van der Waals surface area contributed by atoms with Gasteiger partial charge in [0.05, 0.1) is 17.6 Å². The molecule has 0 aromatic carbocycles. The normalized spacial score (nSPS) is 39.0. The number of hydrogen-bond donors (Lipinski definition) is 0. The van der Waals surface area contributed by atoms with Crippen LogP contribution >= 0.6 is 11.6 Å². The molecule has 1 aliphatic rings. The van der Waals surface area contributed by atoms with Crippen LogP contribution in [-0.4, -0.2) is 17.6 Å². The molecule has 0 saturated carbocycles. The Kier molecular flexibility index (Phi) is 2.36. The van der Waals surface area contributed by atoms with Gasteiger partial charge in [-0.15, -0.1) is 11.6 Å². The van der Waals surface area contributed by atoms with Gasteiger partial charge in [-0.25, -0.2) is 0 Å². The second-order valence-electron chi connectivity index (χ2n) is 2.74. The average molecular weight is 149 g/mol. The summed E-state index contributed by atoms with van der Waals surface area (Å²) in [6.07, 6.45) is 3.03. The average Bonchev–Trinajstić information content (AvgIpc) is 2.14. The van der Waals surface area contributed by atoms with E-state index in [9.17, 15) is 0 Å². The third-order valence-corrected chi connectivity index (χ3v) is 2.06. The van der Waals surface area contributed by atoms with Crippen molar-refractivity contribution in [2.45, 2.75) is 44.3 Å². The van der Waals surface area contributed by atoms with Crippen LogP contribution < -0.4 is 0 Å². The molecule has 1 saturated heterocycles. The van der Waals surface area contributed by atoms with E-state index in [1.54, 1.807) is 0 Å². The summed E-state index contributed by atoms with van der Waals surface area (Å²) in [5.74, 6) is 0. The van der Waals surface area contributed by atoms with Crippen LogP contribution in [0.1, 0.15) is 26.7 Å². The van der Waals surface area contributed by atoms with E-state index in [-0.39, 0.29) is 5.38 Å². The number of rotatable bonds is 1. The number of alkyl halides is 1. The monoisotopic (exact) mass is 148 g/mol. The van der Waals surface area contributed by atoms with Crippen molar-refractivity contribution in [1.29, 1.82) is 0 Å². The van der Waals surface area contributed by atoms with Crippen molar-refractivity contribution in [3.8, 4) is 0 Å². The van der Waals surface area contributed by atoms with Gasteiger partial charge in [0.15, 0.2) is 0 Å². The van der Waals surface area contributed by atoms with Crippen molar-refractivity contribution in [3.05, 3.63) is 0 Å². The molecule has 0 radical (unpaired) electrons. The van der Waals surface area contributed by atoms with E-state index in [2.05, 4.69) is 6.92 Å².